The van der Waals surface area contributed by atoms with Crippen LogP contribution in [0.15, 0.2) is 85.2 Å². The quantitative estimate of drug-likeness (QED) is 0.164. The number of carboxylic acid groups (broad SMARTS) is 1. The standard InChI is InChI=1S/C14H11BrFNO3.C12H9BrFNO3/c1-2-19-13(18)8-12(14-17-3-4-20-14)9-5-10(15)7-11(16)6-9;13-8-3-7(4-9(14)5-8)10(6-11(16)17)12-15-1-2-18-12/h3-8H,2H2,1H3;1-5,10H,6H2,(H,16,17)/b12-8-;. The molecule has 0 aliphatic heterocycles. The molecule has 2 aromatic carbocycles. The van der Waals surface area contributed by atoms with Gasteiger partial charge in [0.25, 0.3) is 0 Å². The molecule has 0 saturated carbocycles. The molecule has 1 N–H and O–H groups in total. The highest BCUT2D eigenvalue weighted by molar-refractivity contribution is 9.10. The largest absolute Gasteiger partial charge is 0.481 e. The molecule has 0 aliphatic rings. The molecule has 4 aromatic rings. The average Bonchev–Trinajstić information content (AvgIpc) is 3.55. The summed E-state index contributed by atoms with van der Waals surface area (Å²) in [5.74, 6) is -2.55. The van der Waals surface area contributed by atoms with E-state index in [1.807, 2.05) is 0 Å². The smallest absolute Gasteiger partial charge is 0.331 e. The monoisotopic (exact) mass is 652 g/mol. The van der Waals surface area contributed by atoms with E-state index in [-0.39, 0.29) is 24.8 Å². The predicted molar refractivity (Wildman–Crippen MR) is 139 cm³/mol. The molecule has 4 rings (SSSR count). The molecular formula is C26H20Br2F2N2O6. The first-order valence-corrected chi connectivity index (χ1v) is 12.6. The minimum absolute atomic E-state index is 0.212. The van der Waals surface area contributed by atoms with Gasteiger partial charge in [-0.3, -0.25) is 4.79 Å². The summed E-state index contributed by atoms with van der Waals surface area (Å²) in [5.41, 5.74) is 1.33. The van der Waals surface area contributed by atoms with Gasteiger partial charge in [-0.05, 0) is 54.4 Å². The van der Waals surface area contributed by atoms with Crippen LogP contribution in [0.5, 0.6) is 0 Å². The number of hydrogen-bond acceptors (Lipinski definition) is 7. The van der Waals surface area contributed by atoms with Crippen LogP contribution in [0.1, 0.15) is 42.2 Å². The Morgan fingerprint density at radius 2 is 1.66 bits per heavy atom. The van der Waals surface area contributed by atoms with Gasteiger partial charge in [-0.15, -0.1) is 0 Å². The Morgan fingerprint density at radius 1 is 1.00 bits per heavy atom. The number of benzene rings is 2. The molecule has 1 unspecified atom stereocenters. The number of ether oxygens (including phenoxy) is 1. The Balaban J connectivity index is 0.000000212. The number of esters is 1. The van der Waals surface area contributed by atoms with Gasteiger partial charge in [0.15, 0.2) is 0 Å². The number of carbonyl (C=O) groups is 2. The van der Waals surface area contributed by atoms with Crippen LogP contribution in [-0.4, -0.2) is 33.6 Å². The molecule has 0 saturated heterocycles. The molecule has 0 bridgehead atoms. The minimum atomic E-state index is -1.00. The summed E-state index contributed by atoms with van der Waals surface area (Å²) < 4.78 is 43.1. The van der Waals surface area contributed by atoms with Gasteiger partial charge in [-0.2, -0.15) is 0 Å². The molecule has 38 heavy (non-hydrogen) atoms. The van der Waals surface area contributed by atoms with Crippen molar-refractivity contribution in [2.24, 2.45) is 0 Å². The molecule has 1 atom stereocenters. The zero-order chi connectivity index (χ0) is 27.7. The third kappa shape index (κ3) is 8.45. The fraction of sp³-hybridized carbons (Fsp3) is 0.154. The molecule has 0 radical (unpaired) electrons. The lowest BCUT2D eigenvalue weighted by Gasteiger charge is -2.12. The van der Waals surface area contributed by atoms with Gasteiger partial charge in [-0.25, -0.2) is 23.5 Å². The van der Waals surface area contributed by atoms with Gasteiger partial charge in [-0.1, -0.05) is 31.9 Å². The summed E-state index contributed by atoms with van der Waals surface area (Å²) in [4.78, 5) is 30.4. The van der Waals surface area contributed by atoms with E-state index in [9.17, 15) is 18.4 Å². The van der Waals surface area contributed by atoms with Crippen molar-refractivity contribution in [3.63, 3.8) is 0 Å². The molecule has 8 nitrogen and oxygen atoms in total. The number of oxazole rings is 2. The van der Waals surface area contributed by atoms with Crippen LogP contribution in [0.25, 0.3) is 5.57 Å². The van der Waals surface area contributed by atoms with Crippen molar-refractivity contribution in [2.45, 2.75) is 19.3 Å². The molecule has 2 aromatic heterocycles. The summed E-state index contributed by atoms with van der Waals surface area (Å²) in [6, 6.07) is 8.51. The highest BCUT2D eigenvalue weighted by atomic mass is 79.9. The topological polar surface area (TPSA) is 116 Å². The lowest BCUT2D eigenvalue weighted by Crippen LogP contribution is -2.08. The Hall–Kier alpha value is -3.64. The van der Waals surface area contributed by atoms with Crippen molar-refractivity contribution in [3.8, 4) is 0 Å². The summed E-state index contributed by atoms with van der Waals surface area (Å²) >= 11 is 6.38. The Kier molecular flexibility index (Phi) is 10.5. The van der Waals surface area contributed by atoms with Crippen LogP contribution in [0, 0.1) is 11.6 Å². The Morgan fingerprint density at radius 3 is 2.21 bits per heavy atom. The van der Waals surface area contributed by atoms with Gasteiger partial charge in [0.1, 0.15) is 24.2 Å². The lowest BCUT2D eigenvalue weighted by atomic mass is 9.95. The maximum absolute atomic E-state index is 13.5. The van der Waals surface area contributed by atoms with Crippen LogP contribution in [0.2, 0.25) is 0 Å². The number of rotatable bonds is 8. The molecule has 0 amide bonds. The van der Waals surface area contributed by atoms with E-state index in [1.165, 1.54) is 55.3 Å². The molecule has 0 spiro atoms. The molecule has 198 valence electrons. The number of aromatic nitrogens is 2. The molecule has 0 fully saturated rings. The molecule has 2 heterocycles. The fourth-order valence-electron chi connectivity index (χ4n) is 3.34. The van der Waals surface area contributed by atoms with Crippen molar-refractivity contribution in [2.75, 3.05) is 6.61 Å². The molecular weight excluding hydrogens is 634 g/mol. The summed E-state index contributed by atoms with van der Waals surface area (Å²) in [7, 11) is 0. The van der Waals surface area contributed by atoms with Gasteiger partial charge in [0, 0.05) is 15.0 Å². The molecule has 12 heteroatoms. The maximum atomic E-state index is 13.5. The second kappa shape index (κ2) is 13.8. The normalized spacial score (nSPS) is 11.9. The number of aliphatic carboxylic acids is 1. The maximum Gasteiger partial charge on any atom is 0.331 e. The predicted octanol–water partition coefficient (Wildman–Crippen LogP) is 6.75. The number of hydrogen-bond donors (Lipinski definition) is 1. The van der Waals surface area contributed by atoms with Crippen molar-refractivity contribution in [3.05, 3.63) is 111 Å². The van der Waals surface area contributed by atoms with Crippen molar-refractivity contribution in [1.82, 2.24) is 9.97 Å². The Bertz CT molecular complexity index is 1370. The zero-order valence-electron chi connectivity index (χ0n) is 19.7. The van der Waals surface area contributed by atoms with Gasteiger partial charge >= 0.3 is 11.9 Å². The van der Waals surface area contributed by atoms with Crippen LogP contribution in [0.3, 0.4) is 0 Å². The minimum Gasteiger partial charge on any atom is -0.481 e. The first kappa shape index (κ1) is 28.9. The van der Waals surface area contributed by atoms with E-state index in [1.54, 1.807) is 19.1 Å². The van der Waals surface area contributed by atoms with Crippen molar-refractivity contribution in [1.29, 1.82) is 0 Å². The van der Waals surface area contributed by atoms with Crippen molar-refractivity contribution < 1.29 is 37.0 Å². The van der Waals surface area contributed by atoms with Crippen LogP contribution >= 0.6 is 31.9 Å². The first-order chi connectivity index (χ1) is 18.2. The third-order valence-electron chi connectivity index (χ3n) is 4.80. The van der Waals surface area contributed by atoms with Gasteiger partial charge in [0.05, 0.1) is 36.9 Å². The van der Waals surface area contributed by atoms with E-state index < -0.39 is 29.5 Å². The SMILES string of the molecule is CCOC(=O)/C=C(/c1cc(F)cc(Br)c1)c1ncco1.O=C(O)CC(c1cc(F)cc(Br)c1)c1ncco1. The van der Waals surface area contributed by atoms with Crippen LogP contribution in [0.4, 0.5) is 8.78 Å². The second-order valence-electron chi connectivity index (χ2n) is 7.53. The van der Waals surface area contributed by atoms with E-state index >= 15 is 0 Å². The summed E-state index contributed by atoms with van der Waals surface area (Å²) in [6.07, 6.45) is 6.63. The number of halogens is 4. The second-order valence-corrected chi connectivity index (χ2v) is 9.36. The number of carbonyl (C=O) groups excluding carboxylic acids is 1. The number of nitrogens with zero attached hydrogens (tertiary/aromatic N) is 2. The van der Waals surface area contributed by atoms with E-state index in [4.69, 9.17) is 18.7 Å². The summed E-state index contributed by atoms with van der Waals surface area (Å²) in [6.45, 7) is 1.95. The van der Waals surface area contributed by atoms with E-state index in [0.717, 1.165) is 0 Å². The van der Waals surface area contributed by atoms with Crippen LogP contribution < -0.4 is 0 Å². The van der Waals surface area contributed by atoms with Crippen molar-refractivity contribution >= 4 is 49.4 Å². The lowest BCUT2D eigenvalue weighted by molar-refractivity contribution is -0.138. The third-order valence-corrected chi connectivity index (χ3v) is 5.72. The van der Waals surface area contributed by atoms with E-state index in [2.05, 4.69) is 41.8 Å². The molecule has 0 aliphatic carbocycles. The zero-order valence-corrected chi connectivity index (χ0v) is 22.9. The highest BCUT2D eigenvalue weighted by Gasteiger charge is 2.23. The Labute approximate surface area is 232 Å². The van der Waals surface area contributed by atoms with Crippen LogP contribution in [-0.2, 0) is 14.3 Å². The van der Waals surface area contributed by atoms with Gasteiger partial charge in [0.2, 0.25) is 11.8 Å². The highest BCUT2D eigenvalue weighted by Crippen LogP contribution is 2.30. The first-order valence-electron chi connectivity index (χ1n) is 11.0. The van der Waals surface area contributed by atoms with E-state index in [0.29, 0.717) is 25.6 Å². The summed E-state index contributed by atoms with van der Waals surface area (Å²) in [5, 5.41) is 8.91. The average molecular weight is 654 g/mol. The van der Waals surface area contributed by atoms with Gasteiger partial charge < -0.3 is 18.7 Å². The fourth-order valence-corrected chi connectivity index (χ4v) is 4.29. The number of carboxylic acids is 1.